The smallest absolute Gasteiger partial charge is 0.335 e. The first-order chi connectivity index (χ1) is 18.2. The highest BCUT2D eigenvalue weighted by Crippen LogP contribution is 2.30. The zero-order chi connectivity index (χ0) is 27.2. The van der Waals surface area contributed by atoms with E-state index in [1.807, 2.05) is 25.1 Å². The Balaban J connectivity index is 1.53. The molecular formula is C28H24ClN3O6. The SMILES string of the molecule is CCOc1cc(/C=C2\C(=O)NC(=O)N(c3ccc(Cl)cc3)C2=O)ccc1OCC(=O)Nc1cccc(C)c1. The molecule has 1 aliphatic heterocycles. The Morgan fingerprint density at radius 1 is 1.00 bits per heavy atom. The monoisotopic (exact) mass is 533 g/mol. The van der Waals surface area contributed by atoms with E-state index in [9.17, 15) is 19.2 Å². The summed E-state index contributed by atoms with van der Waals surface area (Å²) >= 11 is 5.90. The van der Waals surface area contributed by atoms with Crippen molar-refractivity contribution in [2.24, 2.45) is 0 Å². The second-order valence-corrected chi connectivity index (χ2v) is 8.72. The van der Waals surface area contributed by atoms with E-state index in [4.69, 9.17) is 21.1 Å². The molecule has 9 nitrogen and oxygen atoms in total. The Hall–Kier alpha value is -4.63. The summed E-state index contributed by atoms with van der Waals surface area (Å²) in [5, 5.41) is 5.38. The van der Waals surface area contributed by atoms with Crippen LogP contribution in [0.1, 0.15) is 18.1 Å². The molecule has 0 atom stereocenters. The molecule has 0 saturated carbocycles. The molecule has 0 aromatic heterocycles. The van der Waals surface area contributed by atoms with Crippen LogP contribution in [0.25, 0.3) is 6.08 Å². The van der Waals surface area contributed by atoms with Crippen LogP contribution in [0.3, 0.4) is 0 Å². The number of hydrogen-bond donors (Lipinski definition) is 2. The first-order valence-electron chi connectivity index (χ1n) is 11.7. The van der Waals surface area contributed by atoms with E-state index >= 15 is 0 Å². The number of rotatable bonds is 8. The Kier molecular flexibility index (Phi) is 8.08. The maximum absolute atomic E-state index is 13.1. The van der Waals surface area contributed by atoms with Crippen molar-refractivity contribution in [3.63, 3.8) is 0 Å². The molecule has 1 aliphatic rings. The molecule has 4 rings (SSSR count). The van der Waals surface area contributed by atoms with Crippen LogP contribution in [0.15, 0.2) is 72.3 Å². The molecule has 0 bridgehead atoms. The predicted molar refractivity (Wildman–Crippen MR) is 143 cm³/mol. The first-order valence-corrected chi connectivity index (χ1v) is 12.1. The van der Waals surface area contributed by atoms with Crippen LogP contribution in [0.4, 0.5) is 16.2 Å². The summed E-state index contributed by atoms with van der Waals surface area (Å²) in [5.74, 6) is -1.32. The first kappa shape index (κ1) is 26.4. The third-order valence-corrected chi connectivity index (χ3v) is 5.68. The van der Waals surface area contributed by atoms with Gasteiger partial charge in [-0.1, -0.05) is 29.8 Å². The van der Waals surface area contributed by atoms with Crippen LogP contribution < -0.4 is 25.0 Å². The zero-order valence-corrected chi connectivity index (χ0v) is 21.4. The number of carbonyl (C=O) groups is 4. The number of aryl methyl sites for hydroxylation is 1. The lowest BCUT2D eigenvalue weighted by Crippen LogP contribution is -2.54. The van der Waals surface area contributed by atoms with Gasteiger partial charge in [0.1, 0.15) is 5.57 Å². The molecule has 3 aromatic rings. The average molecular weight is 534 g/mol. The van der Waals surface area contributed by atoms with E-state index in [-0.39, 0.29) is 23.8 Å². The maximum atomic E-state index is 13.1. The van der Waals surface area contributed by atoms with Crippen molar-refractivity contribution in [3.05, 3.63) is 88.5 Å². The second-order valence-electron chi connectivity index (χ2n) is 8.28. The van der Waals surface area contributed by atoms with E-state index in [0.717, 1.165) is 10.5 Å². The number of benzene rings is 3. The topological polar surface area (TPSA) is 114 Å². The van der Waals surface area contributed by atoms with Crippen molar-refractivity contribution in [1.29, 1.82) is 0 Å². The van der Waals surface area contributed by atoms with Crippen molar-refractivity contribution in [3.8, 4) is 11.5 Å². The number of imide groups is 2. The van der Waals surface area contributed by atoms with Crippen LogP contribution in [-0.2, 0) is 14.4 Å². The summed E-state index contributed by atoms with van der Waals surface area (Å²) in [6.07, 6.45) is 1.35. The summed E-state index contributed by atoms with van der Waals surface area (Å²) in [4.78, 5) is 51.2. The van der Waals surface area contributed by atoms with E-state index < -0.39 is 17.8 Å². The molecule has 0 radical (unpaired) electrons. The molecule has 5 amide bonds. The molecule has 1 fully saturated rings. The molecule has 0 aliphatic carbocycles. The highest BCUT2D eigenvalue weighted by atomic mass is 35.5. The van der Waals surface area contributed by atoms with Crippen molar-refractivity contribution in [2.45, 2.75) is 13.8 Å². The van der Waals surface area contributed by atoms with Crippen molar-refractivity contribution in [2.75, 3.05) is 23.4 Å². The maximum Gasteiger partial charge on any atom is 0.335 e. The molecule has 194 valence electrons. The van der Waals surface area contributed by atoms with Gasteiger partial charge >= 0.3 is 6.03 Å². The largest absolute Gasteiger partial charge is 0.490 e. The van der Waals surface area contributed by atoms with E-state index in [1.165, 1.54) is 30.3 Å². The molecule has 1 saturated heterocycles. The van der Waals surface area contributed by atoms with Crippen LogP contribution in [0.2, 0.25) is 5.02 Å². The average Bonchev–Trinajstić information content (AvgIpc) is 2.87. The number of nitrogens with zero attached hydrogens (tertiary/aromatic N) is 1. The van der Waals surface area contributed by atoms with Gasteiger partial charge in [0.05, 0.1) is 12.3 Å². The number of anilines is 2. The fourth-order valence-corrected chi connectivity index (χ4v) is 3.84. The Bertz CT molecular complexity index is 1430. The fourth-order valence-electron chi connectivity index (χ4n) is 3.71. The lowest BCUT2D eigenvalue weighted by molar-refractivity contribution is -0.122. The Morgan fingerprint density at radius 3 is 2.47 bits per heavy atom. The molecule has 38 heavy (non-hydrogen) atoms. The standard InChI is InChI=1S/C28H24ClN3O6/c1-3-37-24-15-18(7-12-23(24)38-16-25(33)30-20-6-4-5-17(2)13-20)14-22-26(34)31-28(36)32(27(22)35)21-10-8-19(29)9-11-21/h4-15H,3,16H2,1-2H3,(H,30,33)(H,31,34,36)/b22-14+. The van der Waals surface area contributed by atoms with Gasteiger partial charge in [0, 0.05) is 10.7 Å². The lowest BCUT2D eigenvalue weighted by Gasteiger charge is -2.26. The number of ether oxygens (including phenoxy) is 2. The van der Waals surface area contributed by atoms with E-state index in [1.54, 1.807) is 31.2 Å². The van der Waals surface area contributed by atoms with Crippen molar-refractivity contribution in [1.82, 2.24) is 5.32 Å². The van der Waals surface area contributed by atoms with Gasteiger partial charge in [0.15, 0.2) is 18.1 Å². The normalized spacial score (nSPS) is 14.3. The minimum Gasteiger partial charge on any atom is -0.490 e. The molecule has 0 unspecified atom stereocenters. The highest BCUT2D eigenvalue weighted by molar-refractivity contribution is 6.39. The van der Waals surface area contributed by atoms with Gasteiger partial charge in [-0.05, 0) is 79.6 Å². The summed E-state index contributed by atoms with van der Waals surface area (Å²) in [5.41, 5.74) is 2.14. The van der Waals surface area contributed by atoms with Crippen LogP contribution in [0.5, 0.6) is 11.5 Å². The number of carbonyl (C=O) groups excluding carboxylic acids is 4. The molecular weight excluding hydrogens is 510 g/mol. The number of hydrogen-bond acceptors (Lipinski definition) is 6. The Morgan fingerprint density at radius 2 is 1.76 bits per heavy atom. The molecule has 0 spiro atoms. The van der Waals surface area contributed by atoms with Crippen LogP contribution in [-0.4, -0.2) is 37.0 Å². The summed E-state index contributed by atoms with van der Waals surface area (Å²) in [7, 11) is 0. The number of nitrogens with one attached hydrogen (secondary N) is 2. The Labute approximate surface area is 224 Å². The summed E-state index contributed by atoms with van der Waals surface area (Å²) in [6.45, 7) is 3.76. The van der Waals surface area contributed by atoms with Gasteiger partial charge in [-0.3, -0.25) is 19.7 Å². The molecule has 2 N–H and O–H groups in total. The van der Waals surface area contributed by atoms with Gasteiger partial charge in [0.2, 0.25) is 0 Å². The van der Waals surface area contributed by atoms with Crippen molar-refractivity contribution >= 4 is 52.8 Å². The van der Waals surface area contributed by atoms with E-state index in [0.29, 0.717) is 34.4 Å². The van der Waals surface area contributed by atoms with Crippen LogP contribution >= 0.6 is 11.6 Å². The fraction of sp³-hybridized carbons (Fsp3) is 0.143. The third-order valence-electron chi connectivity index (χ3n) is 5.43. The van der Waals surface area contributed by atoms with Gasteiger partial charge in [-0.25, -0.2) is 9.69 Å². The number of amides is 5. The molecule has 3 aromatic carbocycles. The highest BCUT2D eigenvalue weighted by Gasteiger charge is 2.36. The number of urea groups is 1. The third kappa shape index (κ3) is 6.19. The lowest BCUT2D eigenvalue weighted by atomic mass is 10.1. The van der Waals surface area contributed by atoms with Crippen LogP contribution in [0, 0.1) is 6.92 Å². The summed E-state index contributed by atoms with van der Waals surface area (Å²) in [6, 6.07) is 17.4. The quantitative estimate of drug-likeness (QED) is 0.319. The van der Waals surface area contributed by atoms with Gasteiger partial charge in [-0.2, -0.15) is 0 Å². The minimum absolute atomic E-state index is 0.242. The molecule has 1 heterocycles. The second kappa shape index (κ2) is 11.6. The van der Waals surface area contributed by atoms with Crippen molar-refractivity contribution < 1.29 is 28.7 Å². The zero-order valence-electron chi connectivity index (χ0n) is 20.6. The predicted octanol–water partition coefficient (Wildman–Crippen LogP) is 4.73. The number of barbiturate groups is 1. The molecule has 10 heteroatoms. The van der Waals surface area contributed by atoms with Gasteiger partial charge in [0.25, 0.3) is 17.7 Å². The van der Waals surface area contributed by atoms with Gasteiger partial charge < -0.3 is 14.8 Å². The summed E-state index contributed by atoms with van der Waals surface area (Å²) < 4.78 is 11.3. The van der Waals surface area contributed by atoms with E-state index in [2.05, 4.69) is 10.6 Å². The number of halogens is 1. The minimum atomic E-state index is -0.859. The van der Waals surface area contributed by atoms with Gasteiger partial charge in [-0.15, -0.1) is 0 Å².